The monoisotopic (exact) mass is 386 g/mol. The quantitative estimate of drug-likeness (QED) is 0.794. The summed E-state index contributed by atoms with van der Waals surface area (Å²) in [7, 11) is 0. The van der Waals surface area contributed by atoms with Gasteiger partial charge in [0.2, 0.25) is 0 Å². The number of hydrogen-bond acceptors (Lipinski definition) is 3. The van der Waals surface area contributed by atoms with Gasteiger partial charge in [-0.1, -0.05) is 15.9 Å². The fourth-order valence-corrected chi connectivity index (χ4v) is 2.91. The lowest BCUT2D eigenvalue weighted by atomic mass is 10.1. The molecule has 1 fully saturated rings. The normalized spacial score (nSPS) is 19.2. The zero-order chi connectivity index (χ0) is 17.0. The Balaban J connectivity index is 1.92. The van der Waals surface area contributed by atoms with Gasteiger partial charge in [-0.3, -0.25) is 0 Å². The summed E-state index contributed by atoms with van der Waals surface area (Å²) in [5.41, 5.74) is 0.0191. The lowest BCUT2D eigenvalue weighted by molar-refractivity contribution is 0.0256. The molecule has 1 heterocycles. The average Bonchev–Trinajstić information content (AvgIpc) is 2.66. The van der Waals surface area contributed by atoms with Crippen LogP contribution >= 0.6 is 15.9 Å². The van der Waals surface area contributed by atoms with E-state index in [0.29, 0.717) is 18.8 Å². The van der Waals surface area contributed by atoms with Crippen LogP contribution in [0.2, 0.25) is 0 Å². The Bertz CT molecular complexity index is 560. The predicted octanol–water partition coefficient (Wildman–Crippen LogP) is 4.79. The van der Waals surface area contributed by atoms with E-state index >= 15 is 0 Å². The largest absolute Gasteiger partial charge is 0.444 e. The fourth-order valence-electron chi connectivity index (χ4n) is 2.58. The summed E-state index contributed by atoms with van der Waals surface area (Å²) in [6.07, 6.45) is 2.27. The SMILES string of the molecule is CC(C)(C)OC(=O)N1CCCC(Nc2ccc(Br)cc2F)CC1. The number of likely N-dealkylation sites (tertiary alicyclic amines) is 1. The van der Waals surface area contributed by atoms with Crippen LogP contribution in [-0.2, 0) is 4.74 Å². The lowest BCUT2D eigenvalue weighted by Gasteiger charge is -2.26. The van der Waals surface area contributed by atoms with Gasteiger partial charge in [-0.05, 0) is 58.2 Å². The van der Waals surface area contributed by atoms with Gasteiger partial charge >= 0.3 is 6.09 Å². The third-order valence-corrected chi connectivity index (χ3v) is 4.16. The van der Waals surface area contributed by atoms with Gasteiger partial charge < -0.3 is 15.0 Å². The van der Waals surface area contributed by atoms with Gasteiger partial charge in [0.15, 0.2) is 0 Å². The lowest BCUT2D eigenvalue weighted by Crippen LogP contribution is -2.37. The number of ether oxygens (including phenoxy) is 1. The number of carbonyl (C=O) groups is 1. The van der Waals surface area contributed by atoms with E-state index in [2.05, 4.69) is 21.2 Å². The highest BCUT2D eigenvalue weighted by atomic mass is 79.9. The Morgan fingerprint density at radius 3 is 2.74 bits per heavy atom. The summed E-state index contributed by atoms with van der Waals surface area (Å²) in [4.78, 5) is 13.9. The molecule has 2 rings (SSSR count). The minimum atomic E-state index is -0.485. The Morgan fingerprint density at radius 1 is 1.35 bits per heavy atom. The molecule has 1 aromatic carbocycles. The van der Waals surface area contributed by atoms with Crippen molar-refractivity contribution in [3.8, 4) is 0 Å². The Morgan fingerprint density at radius 2 is 2.09 bits per heavy atom. The molecule has 1 saturated heterocycles. The highest BCUT2D eigenvalue weighted by molar-refractivity contribution is 9.10. The fraction of sp³-hybridized carbons (Fsp3) is 0.588. The second kappa shape index (κ2) is 7.51. The number of nitrogens with zero attached hydrogens (tertiary/aromatic N) is 1. The van der Waals surface area contributed by atoms with Crippen molar-refractivity contribution in [2.45, 2.75) is 51.7 Å². The van der Waals surface area contributed by atoms with E-state index in [-0.39, 0.29) is 18.0 Å². The average molecular weight is 387 g/mol. The molecule has 1 unspecified atom stereocenters. The van der Waals surface area contributed by atoms with Gasteiger partial charge in [-0.2, -0.15) is 0 Å². The molecule has 1 aromatic rings. The van der Waals surface area contributed by atoms with Crippen molar-refractivity contribution in [3.05, 3.63) is 28.5 Å². The molecular weight excluding hydrogens is 363 g/mol. The predicted molar refractivity (Wildman–Crippen MR) is 93.2 cm³/mol. The van der Waals surface area contributed by atoms with Crippen molar-refractivity contribution in [2.24, 2.45) is 0 Å². The number of anilines is 1. The third kappa shape index (κ3) is 5.68. The highest BCUT2D eigenvalue weighted by Gasteiger charge is 2.25. The van der Waals surface area contributed by atoms with Crippen molar-refractivity contribution in [1.29, 1.82) is 0 Å². The molecule has 0 radical (unpaired) electrons. The van der Waals surface area contributed by atoms with Crippen molar-refractivity contribution in [3.63, 3.8) is 0 Å². The number of carbonyl (C=O) groups excluding carboxylic acids is 1. The maximum Gasteiger partial charge on any atom is 0.410 e. The van der Waals surface area contributed by atoms with E-state index in [1.54, 1.807) is 11.0 Å². The topological polar surface area (TPSA) is 41.6 Å². The molecule has 1 atom stereocenters. The van der Waals surface area contributed by atoms with Crippen LogP contribution in [0.15, 0.2) is 22.7 Å². The first kappa shape index (κ1) is 18.0. The summed E-state index contributed by atoms with van der Waals surface area (Å²) in [5, 5.41) is 3.25. The molecule has 1 aliphatic heterocycles. The maximum absolute atomic E-state index is 13.9. The van der Waals surface area contributed by atoms with Gasteiger partial charge in [0, 0.05) is 23.6 Å². The molecule has 6 heteroatoms. The van der Waals surface area contributed by atoms with Crippen LogP contribution in [0.3, 0.4) is 0 Å². The Hall–Kier alpha value is -1.30. The number of benzene rings is 1. The second-order valence-electron chi connectivity index (χ2n) is 6.86. The first-order valence-electron chi connectivity index (χ1n) is 7.94. The zero-order valence-electron chi connectivity index (χ0n) is 13.9. The highest BCUT2D eigenvalue weighted by Crippen LogP contribution is 2.23. The molecule has 0 spiro atoms. The van der Waals surface area contributed by atoms with Gasteiger partial charge in [0.05, 0.1) is 5.69 Å². The molecule has 0 aliphatic carbocycles. The third-order valence-electron chi connectivity index (χ3n) is 3.67. The molecule has 1 N–H and O–H groups in total. The van der Waals surface area contributed by atoms with E-state index in [1.807, 2.05) is 26.8 Å². The van der Waals surface area contributed by atoms with Crippen molar-refractivity contribution in [2.75, 3.05) is 18.4 Å². The molecule has 0 saturated carbocycles. The summed E-state index contributed by atoms with van der Waals surface area (Å²) in [5.74, 6) is -0.271. The molecule has 0 bridgehead atoms. The van der Waals surface area contributed by atoms with Crippen molar-refractivity contribution in [1.82, 2.24) is 4.90 Å². The van der Waals surface area contributed by atoms with E-state index in [4.69, 9.17) is 4.74 Å². The molecule has 0 aromatic heterocycles. The van der Waals surface area contributed by atoms with Crippen molar-refractivity contribution >= 4 is 27.7 Å². The Kier molecular flexibility index (Phi) is 5.89. The first-order chi connectivity index (χ1) is 10.7. The van der Waals surface area contributed by atoms with Crippen LogP contribution < -0.4 is 5.32 Å². The van der Waals surface area contributed by atoms with Crippen LogP contribution in [-0.4, -0.2) is 35.7 Å². The molecule has 1 amide bonds. The minimum Gasteiger partial charge on any atom is -0.444 e. The van der Waals surface area contributed by atoms with Gasteiger partial charge in [0.25, 0.3) is 0 Å². The van der Waals surface area contributed by atoms with Crippen LogP contribution in [0.25, 0.3) is 0 Å². The van der Waals surface area contributed by atoms with Crippen LogP contribution in [0.1, 0.15) is 40.0 Å². The number of nitrogens with one attached hydrogen (secondary N) is 1. The number of halogens is 2. The van der Waals surface area contributed by atoms with E-state index in [1.165, 1.54) is 6.07 Å². The number of rotatable bonds is 2. The van der Waals surface area contributed by atoms with Crippen LogP contribution in [0.5, 0.6) is 0 Å². The number of hydrogen-bond donors (Lipinski definition) is 1. The van der Waals surface area contributed by atoms with E-state index in [9.17, 15) is 9.18 Å². The molecule has 1 aliphatic rings. The number of amides is 1. The maximum atomic E-state index is 13.9. The van der Waals surface area contributed by atoms with Gasteiger partial charge in [-0.25, -0.2) is 9.18 Å². The Labute approximate surface area is 145 Å². The van der Waals surface area contributed by atoms with E-state index < -0.39 is 5.60 Å². The standard InChI is InChI=1S/C17H24BrFN2O2/c1-17(2,3)23-16(22)21-9-4-5-13(8-10-21)20-15-7-6-12(18)11-14(15)19/h6-7,11,13,20H,4-5,8-10H2,1-3H3. The molecule has 128 valence electrons. The summed E-state index contributed by atoms with van der Waals surface area (Å²) < 4.78 is 20.1. The zero-order valence-corrected chi connectivity index (χ0v) is 15.5. The summed E-state index contributed by atoms with van der Waals surface area (Å²) in [6, 6.07) is 5.15. The minimum absolute atomic E-state index is 0.151. The van der Waals surface area contributed by atoms with Crippen molar-refractivity contribution < 1.29 is 13.9 Å². The van der Waals surface area contributed by atoms with E-state index in [0.717, 1.165) is 23.7 Å². The summed E-state index contributed by atoms with van der Waals surface area (Å²) in [6.45, 7) is 6.89. The first-order valence-corrected chi connectivity index (χ1v) is 8.73. The summed E-state index contributed by atoms with van der Waals surface area (Å²) >= 11 is 3.26. The molecule has 23 heavy (non-hydrogen) atoms. The second-order valence-corrected chi connectivity index (χ2v) is 7.78. The van der Waals surface area contributed by atoms with Crippen LogP contribution in [0, 0.1) is 5.82 Å². The smallest absolute Gasteiger partial charge is 0.410 e. The van der Waals surface area contributed by atoms with Gasteiger partial charge in [-0.15, -0.1) is 0 Å². The molecule has 4 nitrogen and oxygen atoms in total. The van der Waals surface area contributed by atoms with Crippen LogP contribution in [0.4, 0.5) is 14.9 Å². The van der Waals surface area contributed by atoms with Gasteiger partial charge in [0.1, 0.15) is 11.4 Å². The molecular formula is C17H24BrFN2O2.